The number of nitrogens with two attached hydrogens (primary N) is 1. The Morgan fingerprint density at radius 2 is 1.29 bits per heavy atom. The molecular weight excluding hydrogens is 525 g/mol. The van der Waals surface area contributed by atoms with Crippen molar-refractivity contribution in [2.75, 3.05) is 20.3 Å². The van der Waals surface area contributed by atoms with Crippen LogP contribution in [0.1, 0.15) is 74.1 Å². The number of hydrogen-bond donors (Lipinski definition) is 2. The van der Waals surface area contributed by atoms with Crippen molar-refractivity contribution in [1.82, 2.24) is 4.90 Å². The Morgan fingerprint density at radius 3 is 1.61 bits per heavy atom. The molecule has 3 N–H and O–H groups in total. The minimum Gasteiger partial charge on any atom is -0.480 e. The summed E-state index contributed by atoms with van der Waals surface area (Å²) < 4.78 is 49.1. The Morgan fingerprint density at radius 1 is 0.868 bits per heavy atom. The lowest BCUT2D eigenvalue weighted by molar-refractivity contribution is -0.141. The van der Waals surface area contributed by atoms with E-state index < -0.39 is 62.4 Å². The number of carbonyl (C=O) groups excluding carboxylic acids is 2. The second kappa shape index (κ2) is 17.8. The number of ether oxygens (including phenoxy) is 4. The Bertz CT molecular complexity index is 782. The quantitative estimate of drug-likeness (QED) is 0.0806. The van der Waals surface area contributed by atoms with Crippen LogP contribution in [0.25, 0.3) is 0 Å². The zero-order valence-corrected chi connectivity index (χ0v) is 24.5. The van der Waals surface area contributed by atoms with Gasteiger partial charge in [-0.3, -0.25) is 0 Å². The van der Waals surface area contributed by atoms with E-state index in [1.54, 1.807) is 48.5 Å². The van der Waals surface area contributed by atoms with E-state index in [9.17, 15) is 24.1 Å². The van der Waals surface area contributed by atoms with Crippen LogP contribution in [0.2, 0.25) is 0 Å². The Balaban J connectivity index is 6.32. The lowest BCUT2D eigenvalue weighted by Gasteiger charge is -2.30. The van der Waals surface area contributed by atoms with Gasteiger partial charge < -0.3 is 34.7 Å². The van der Waals surface area contributed by atoms with Gasteiger partial charge in [0.1, 0.15) is 6.04 Å². The van der Waals surface area contributed by atoms with Crippen LogP contribution < -0.4 is 5.73 Å². The normalized spacial score (nSPS) is 15.8. The third kappa shape index (κ3) is 13.3. The van der Waals surface area contributed by atoms with Crippen molar-refractivity contribution in [2.45, 2.75) is 92.8 Å². The monoisotopic (exact) mass is 569 g/mol. The molecule has 0 aliphatic rings. The molecule has 3 unspecified atom stereocenters. The van der Waals surface area contributed by atoms with Crippen LogP contribution in [0.3, 0.4) is 0 Å². The van der Waals surface area contributed by atoms with Crippen LogP contribution in [0.5, 0.6) is 0 Å². The maximum atomic E-state index is 13.9. The van der Waals surface area contributed by atoms with Gasteiger partial charge in [0.2, 0.25) is 18.5 Å². The summed E-state index contributed by atoms with van der Waals surface area (Å²) in [4.78, 5) is 37.0. The Hall–Kier alpha value is -2.57. The van der Waals surface area contributed by atoms with E-state index in [1.165, 1.54) is 7.05 Å². The van der Waals surface area contributed by atoms with Crippen LogP contribution in [0.15, 0.2) is 4.76 Å². The highest BCUT2D eigenvalue weighted by molar-refractivity contribution is 7.52. The van der Waals surface area contributed by atoms with Gasteiger partial charge in [-0.1, -0.05) is 54.9 Å². The third-order valence-corrected chi connectivity index (χ3v) is 6.13. The summed E-state index contributed by atoms with van der Waals surface area (Å²) in [5.74, 6) is -2.78. The van der Waals surface area contributed by atoms with E-state index in [0.29, 0.717) is 19.3 Å². The van der Waals surface area contributed by atoms with Crippen molar-refractivity contribution in [1.29, 1.82) is 0 Å². The molecule has 38 heavy (non-hydrogen) atoms. The van der Waals surface area contributed by atoms with E-state index in [4.69, 9.17) is 33.7 Å². The summed E-state index contributed by atoms with van der Waals surface area (Å²) in [5, 5.41) is 9.57. The number of carbonyl (C=O) groups is 3. The number of nitrogens with zero attached hydrogens (tertiary/aromatic N) is 2. The summed E-state index contributed by atoms with van der Waals surface area (Å²) in [6.07, 6.45) is -3.26. The summed E-state index contributed by atoms with van der Waals surface area (Å²) in [6, 6.07) is -1.08. The zero-order chi connectivity index (χ0) is 29.5. The van der Waals surface area contributed by atoms with E-state index in [-0.39, 0.29) is 19.6 Å². The van der Waals surface area contributed by atoms with Crippen molar-refractivity contribution in [3.05, 3.63) is 0 Å². The molecule has 15 heteroatoms. The molecule has 0 aromatic rings. The van der Waals surface area contributed by atoms with Gasteiger partial charge in [-0.25, -0.2) is 28.0 Å². The number of rotatable bonds is 17. The molecule has 0 spiro atoms. The minimum absolute atomic E-state index is 0.0881. The van der Waals surface area contributed by atoms with E-state index >= 15 is 0 Å². The largest absolute Gasteiger partial charge is 0.510 e. The van der Waals surface area contributed by atoms with Gasteiger partial charge in [0.25, 0.3) is 0 Å². The molecule has 0 aliphatic carbocycles. The van der Waals surface area contributed by atoms with E-state index in [2.05, 4.69) is 4.76 Å². The van der Waals surface area contributed by atoms with Gasteiger partial charge in [-0.15, -0.1) is 4.76 Å². The number of aliphatic carboxylic acids is 1. The smallest absolute Gasteiger partial charge is 0.480 e. The highest BCUT2D eigenvalue weighted by Crippen LogP contribution is 2.54. The Kier molecular flexibility index (Phi) is 16.6. The van der Waals surface area contributed by atoms with Crippen LogP contribution in [0, 0.1) is 11.8 Å². The Labute approximate surface area is 224 Å². The summed E-state index contributed by atoms with van der Waals surface area (Å²) >= 11 is 0. The SMILES string of the molecule is CCCOC(=O)OC(OP(=O)(N=C(N)N(C)C(CCC)C(=O)O)OC(OC(=O)OCCC)C(C)C)C(C)C. The number of likely N-dealkylation sites (N-methyl/N-ethyl adjacent to an activating group) is 1. The first-order valence-electron chi connectivity index (χ1n) is 12.7. The van der Waals surface area contributed by atoms with Crippen LogP contribution in [-0.2, 0) is 37.4 Å². The van der Waals surface area contributed by atoms with Gasteiger partial charge in [0.05, 0.1) is 13.2 Å². The van der Waals surface area contributed by atoms with Crippen molar-refractivity contribution in [2.24, 2.45) is 22.3 Å². The first kappa shape index (κ1) is 35.4. The maximum absolute atomic E-state index is 13.9. The molecule has 3 atom stereocenters. The van der Waals surface area contributed by atoms with Crippen molar-refractivity contribution >= 4 is 32.0 Å². The predicted octanol–water partition coefficient (Wildman–Crippen LogP) is 4.72. The molecule has 0 fully saturated rings. The van der Waals surface area contributed by atoms with Crippen LogP contribution in [-0.4, -0.2) is 73.1 Å². The average molecular weight is 570 g/mol. The molecule has 222 valence electrons. The molecule has 0 amide bonds. The molecule has 0 aromatic carbocycles. The van der Waals surface area contributed by atoms with Crippen LogP contribution >= 0.6 is 7.75 Å². The fraction of sp³-hybridized carbons (Fsp3) is 0.826. The first-order valence-corrected chi connectivity index (χ1v) is 14.2. The molecule has 0 saturated carbocycles. The lowest BCUT2D eigenvalue weighted by Crippen LogP contribution is -2.46. The van der Waals surface area contributed by atoms with Crippen molar-refractivity contribution in [3.8, 4) is 0 Å². The number of guanidine groups is 1. The molecule has 0 radical (unpaired) electrons. The number of carboxylic acids is 1. The zero-order valence-electron chi connectivity index (χ0n) is 23.6. The standard InChI is InChI=1S/C23H44N3O11P/c1-9-12-17(18(27)28)26(8)21(24)25-38(31,36-19(15(4)5)34-22(29)32-13-10-2)37-20(16(6)7)35-23(30)33-14-11-3/h15-17,19-20H,9-14H2,1-8H3,(H,27,28)(H2,24,25,31). The second-order valence-corrected chi connectivity index (χ2v) is 10.6. The average Bonchev–Trinajstić information content (AvgIpc) is 2.82. The second-order valence-electron chi connectivity index (χ2n) is 9.05. The molecule has 0 bridgehead atoms. The minimum atomic E-state index is -4.74. The molecule has 0 saturated heterocycles. The van der Waals surface area contributed by atoms with Gasteiger partial charge >= 0.3 is 26.0 Å². The molecule has 0 aromatic heterocycles. The summed E-state index contributed by atoms with van der Waals surface area (Å²) in [6.45, 7) is 12.0. The van der Waals surface area contributed by atoms with E-state index in [1.807, 2.05) is 0 Å². The van der Waals surface area contributed by atoms with E-state index in [0.717, 1.165) is 4.90 Å². The molecule has 14 nitrogen and oxygen atoms in total. The predicted molar refractivity (Wildman–Crippen MR) is 138 cm³/mol. The molecule has 0 heterocycles. The fourth-order valence-corrected chi connectivity index (χ4v) is 4.27. The summed E-state index contributed by atoms with van der Waals surface area (Å²) in [5.41, 5.74) is 6.03. The molecule has 0 aliphatic heterocycles. The topological polar surface area (TPSA) is 186 Å². The number of carboxylic acid groups (broad SMARTS) is 1. The fourth-order valence-electron chi connectivity index (χ4n) is 2.63. The van der Waals surface area contributed by atoms with Crippen LogP contribution in [0.4, 0.5) is 9.59 Å². The highest BCUT2D eigenvalue weighted by Gasteiger charge is 2.39. The molecular formula is C23H44N3O11P. The van der Waals surface area contributed by atoms with Gasteiger partial charge in [0, 0.05) is 18.9 Å². The summed E-state index contributed by atoms with van der Waals surface area (Å²) in [7, 11) is -3.38. The first-order chi connectivity index (χ1) is 17.7. The molecule has 0 rings (SSSR count). The third-order valence-electron chi connectivity index (χ3n) is 4.74. The lowest BCUT2D eigenvalue weighted by atomic mass is 10.1. The van der Waals surface area contributed by atoms with Gasteiger partial charge in [0.15, 0.2) is 0 Å². The highest BCUT2D eigenvalue weighted by atomic mass is 31.2. The maximum Gasteiger partial charge on any atom is 0.510 e. The number of hydrogen-bond acceptors (Lipinski definition) is 10. The van der Waals surface area contributed by atoms with Gasteiger partial charge in [-0.2, -0.15) is 0 Å². The van der Waals surface area contributed by atoms with Crippen molar-refractivity contribution < 1.29 is 52.1 Å². The van der Waals surface area contributed by atoms with Crippen molar-refractivity contribution in [3.63, 3.8) is 0 Å². The van der Waals surface area contributed by atoms with Gasteiger partial charge in [-0.05, 0) is 19.3 Å².